The molecular weight excluding hydrogens is 338 g/mol. The normalized spacial score (nSPS) is 9.62. The van der Waals surface area contributed by atoms with Gasteiger partial charge in [-0.15, -0.1) is 13.2 Å². The van der Waals surface area contributed by atoms with Gasteiger partial charge in [0.1, 0.15) is 0 Å². The van der Waals surface area contributed by atoms with Crippen LogP contribution < -0.4 is 9.47 Å². The third kappa shape index (κ3) is 10.9. The van der Waals surface area contributed by atoms with E-state index < -0.39 is 11.9 Å². The average molecular weight is 365 g/mol. The molecule has 1 aromatic rings. The van der Waals surface area contributed by atoms with Crippen LogP contribution in [0.1, 0.15) is 12.8 Å². The molecule has 0 atom stereocenters. The zero-order valence-electron chi connectivity index (χ0n) is 15.1. The van der Waals surface area contributed by atoms with E-state index in [0.29, 0.717) is 6.61 Å². The lowest BCUT2D eigenvalue weighted by molar-refractivity contribution is -0.159. The Kier molecular flexibility index (Phi) is 13.0. The minimum Gasteiger partial charge on any atom is -0.493 e. The van der Waals surface area contributed by atoms with E-state index in [0.717, 1.165) is 44.0 Å². The molecule has 0 fully saturated rings. The number of hydrogen-bond acceptors (Lipinski definition) is 5. The van der Waals surface area contributed by atoms with Gasteiger partial charge in [0.25, 0.3) is 0 Å². The first-order chi connectivity index (χ1) is 12.5. The number of methoxy groups -OCH3 is 1. The molecule has 144 valence electrons. The number of nitrogens with zero attached hydrogens (tertiary/aromatic N) is 1. The summed E-state index contributed by atoms with van der Waals surface area (Å²) < 4.78 is 11.0. The van der Waals surface area contributed by atoms with Crippen LogP contribution in [0.25, 0.3) is 0 Å². The maximum Gasteiger partial charge on any atom is 0.414 e. The van der Waals surface area contributed by atoms with Gasteiger partial charge >= 0.3 is 11.9 Å². The zero-order valence-corrected chi connectivity index (χ0v) is 15.1. The number of ether oxygens (including phenoxy) is 2. The van der Waals surface area contributed by atoms with Crippen molar-refractivity contribution in [1.82, 2.24) is 4.90 Å². The van der Waals surface area contributed by atoms with Gasteiger partial charge in [0, 0.05) is 13.1 Å². The lowest BCUT2D eigenvalue weighted by Crippen LogP contribution is -2.25. The minimum atomic E-state index is -1.82. The highest BCUT2D eigenvalue weighted by molar-refractivity contribution is 6.27. The Bertz CT molecular complexity index is 551. The largest absolute Gasteiger partial charge is 0.493 e. The SMILES string of the molecule is C=CCN(CC=C)CCCCOc1ccccc1OC.O=C(O)C(=O)O. The molecule has 7 heteroatoms. The summed E-state index contributed by atoms with van der Waals surface area (Å²) in [6, 6.07) is 7.73. The maximum atomic E-state index is 9.10. The van der Waals surface area contributed by atoms with E-state index in [1.165, 1.54) is 0 Å². The smallest absolute Gasteiger partial charge is 0.414 e. The van der Waals surface area contributed by atoms with Crippen LogP contribution >= 0.6 is 0 Å². The van der Waals surface area contributed by atoms with Crippen LogP contribution in [0.2, 0.25) is 0 Å². The van der Waals surface area contributed by atoms with Gasteiger partial charge in [0.15, 0.2) is 11.5 Å². The van der Waals surface area contributed by atoms with Crippen LogP contribution in [0.5, 0.6) is 11.5 Å². The van der Waals surface area contributed by atoms with Crippen molar-refractivity contribution in [2.45, 2.75) is 12.8 Å². The molecule has 1 aromatic carbocycles. The summed E-state index contributed by atoms with van der Waals surface area (Å²) in [6.45, 7) is 11.1. The van der Waals surface area contributed by atoms with Gasteiger partial charge in [-0.3, -0.25) is 4.90 Å². The van der Waals surface area contributed by atoms with Crippen LogP contribution in [0.4, 0.5) is 0 Å². The van der Waals surface area contributed by atoms with Crippen molar-refractivity contribution in [3.63, 3.8) is 0 Å². The lowest BCUT2D eigenvalue weighted by Gasteiger charge is -2.18. The Labute approximate surface area is 154 Å². The molecule has 0 aliphatic heterocycles. The monoisotopic (exact) mass is 365 g/mol. The van der Waals surface area contributed by atoms with Crippen molar-refractivity contribution in [3.05, 3.63) is 49.6 Å². The summed E-state index contributed by atoms with van der Waals surface area (Å²) in [5, 5.41) is 14.8. The third-order valence-corrected chi connectivity index (χ3v) is 3.15. The quantitative estimate of drug-likeness (QED) is 0.353. The van der Waals surface area contributed by atoms with Gasteiger partial charge in [-0.1, -0.05) is 24.3 Å². The first kappa shape index (κ1) is 23.2. The second-order valence-corrected chi connectivity index (χ2v) is 5.15. The first-order valence-electron chi connectivity index (χ1n) is 8.12. The van der Waals surface area contributed by atoms with Crippen molar-refractivity contribution >= 4 is 11.9 Å². The Morgan fingerprint density at radius 1 is 1.04 bits per heavy atom. The summed E-state index contributed by atoms with van der Waals surface area (Å²) in [7, 11) is 1.66. The maximum absolute atomic E-state index is 9.10. The van der Waals surface area contributed by atoms with Gasteiger partial charge in [-0.2, -0.15) is 0 Å². The van der Waals surface area contributed by atoms with Crippen LogP contribution in [-0.2, 0) is 9.59 Å². The van der Waals surface area contributed by atoms with E-state index in [2.05, 4.69) is 18.1 Å². The molecule has 0 aliphatic carbocycles. The van der Waals surface area contributed by atoms with E-state index in [9.17, 15) is 0 Å². The number of unbranched alkanes of at least 4 members (excludes halogenated alkanes) is 1. The zero-order chi connectivity index (χ0) is 19.8. The van der Waals surface area contributed by atoms with Crippen molar-refractivity contribution in [2.24, 2.45) is 0 Å². The number of hydrogen-bond donors (Lipinski definition) is 2. The predicted octanol–water partition coefficient (Wildman–Crippen LogP) is 2.68. The second kappa shape index (κ2) is 14.5. The topological polar surface area (TPSA) is 96.3 Å². The standard InChI is InChI=1S/C17H25NO2.C2H2O4/c1-4-12-18(13-5-2)14-8-9-15-20-17-11-7-6-10-16(17)19-3;3-1(4)2(5)6/h4-7,10-11H,1-2,8-9,12-15H2,3H3;(H,3,4)(H,5,6). The van der Waals surface area contributed by atoms with E-state index >= 15 is 0 Å². The van der Waals surface area contributed by atoms with Crippen LogP contribution in [0, 0.1) is 0 Å². The number of carboxylic acids is 2. The Balaban J connectivity index is 0.000000896. The summed E-state index contributed by atoms with van der Waals surface area (Å²) in [4.78, 5) is 20.5. The van der Waals surface area contributed by atoms with Crippen LogP contribution in [-0.4, -0.2) is 60.4 Å². The van der Waals surface area contributed by atoms with E-state index in [1.54, 1.807) is 7.11 Å². The minimum absolute atomic E-state index is 0.705. The number of benzene rings is 1. The molecule has 0 aliphatic rings. The molecule has 0 spiro atoms. The molecule has 7 nitrogen and oxygen atoms in total. The molecule has 0 bridgehead atoms. The number of rotatable bonds is 11. The molecule has 0 saturated carbocycles. The van der Waals surface area contributed by atoms with Crippen LogP contribution in [0.3, 0.4) is 0 Å². The molecular formula is C19H27NO6. The van der Waals surface area contributed by atoms with Gasteiger partial charge in [-0.25, -0.2) is 9.59 Å². The summed E-state index contributed by atoms with van der Waals surface area (Å²) in [5.74, 6) is -2.05. The van der Waals surface area contributed by atoms with E-state index in [-0.39, 0.29) is 0 Å². The Morgan fingerprint density at radius 3 is 2.04 bits per heavy atom. The highest BCUT2D eigenvalue weighted by atomic mass is 16.5. The van der Waals surface area contributed by atoms with Gasteiger partial charge in [-0.05, 0) is 31.5 Å². The molecule has 26 heavy (non-hydrogen) atoms. The molecule has 0 unspecified atom stereocenters. The number of carbonyl (C=O) groups is 2. The molecule has 0 amide bonds. The highest BCUT2D eigenvalue weighted by Gasteiger charge is 2.04. The molecule has 1 rings (SSSR count). The fourth-order valence-electron chi connectivity index (χ4n) is 1.98. The molecule has 2 N–H and O–H groups in total. The third-order valence-electron chi connectivity index (χ3n) is 3.15. The second-order valence-electron chi connectivity index (χ2n) is 5.15. The highest BCUT2D eigenvalue weighted by Crippen LogP contribution is 2.25. The average Bonchev–Trinajstić information content (AvgIpc) is 2.62. The fourth-order valence-corrected chi connectivity index (χ4v) is 1.98. The van der Waals surface area contributed by atoms with Crippen LogP contribution in [0.15, 0.2) is 49.6 Å². The van der Waals surface area contributed by atoms with Gasteiger partial charge in [0.05, 0.1) is 13.7 Å². The summed E-state index contributed by atoms with van der Waals surface area (Å²) in [6.07, 6.45) is 5.96. The van der Waals surface area contributed by atoms with Crippen molar-refractivity contribution in [3.8, 4) is 11.5 Å². The van der Waals surface area contributed by atoms with Crippen molar-refractivity contribution in [2.75, 3.05) is 33.4 Å². The molecule has 0 radical (unpaired) electrons. The van der Waals surface area contributed by atoms with Crippen molar-refractivity contribution < 1.29 is 29.3 Å². The number of para-hydroxylation sites is 2. The Hall–Kier alpha value is -2.80. The first-order valence-corrected chi connectivity index (χ1v) is 8.12. The Morgan fingerprint density at radius 2 is 1.58 bits per heavy atom. The fraction of sp³-hybridized carbons (Fsp3) is 0.368. The number of carboxylic acid groups (broad SMARTS) is 2. The predicted molar refractivity (Wildman–Crippen MR) is 99.8 cm³/mol. The lowest BCUT2D eigenvalue weighted by atomic mass is 10.3. The summed E-state index contributed by atoms with van der Waals surface area (Å²) >= 11 is 0. The van der Waals surface area contributed by atoms with E-state index in [4.69, 9.17) is 29.3 Å². The number of aliphatic carboxylic acids is 2. The molecule has 0 saturated heterocycles. The van der Waals surface area contributed by atoms with Gasteiger partial charge in [0.2, 0.25) is 0 Å². The van der Waals surface area contributed by atoms with Crippen molar-refractivity contribution in [1.29, 1.82) is 0 Å². The molecule has 0 heterocycles. The van der Waals surface area contributed by atoms with Gasteiger partial charge < -0.3 is 19.7 Å². The van der Waals surface area contributed by atoms with E-state index in [1.807, 2.05) is 36.4 Å². The summed E-state index contributed by atoms with van der Waals surface area (Å²) in [5.41, 5.74) is 0. The molecule has 0 aromatic heterocycles.